The summed E-state index contributed by atoms with van der Waals surface area (Å²) in [6.45, 7) is 6.75. The highest BCUT2D eigenvalue weighted by molar-refractivity contribution is 5.95. The van der Waals surface area contributed by atoms with Gasteiger partial charge in [0.15, 0.2) is 0 Å². The van der Waals surface area contributed by atoms with Gasteiger partial charge in [0.2, 0.25) is 0 Å². The minimum atomic E-state index is -0.318. The van der Waals surface area contributed by atoms with E-state index >= 15 is 0 Å². The summed E-state index contributed by atoms with van der Waals surface area (Å²) in [5.41, 5.74) is 2.01. The lowest BCUT2D eigenvalue weighted by Gasteiger charge is -2.10. The number of nitrogens with one attached hydrogen (secondary N) is 1. The van der Waals surface area contributed by atoms with Crippen LogP contribution in [0.4, 0.5) is 4.39 Å². The molecule has 118 valence electrons. The Bertz CT molecular complexity index is 649. The van der Waals surface area contributed by atoms with E-state index in [2.05, 4.69) is 10.4 Å². The van der Waals surface area contributed by atoms with Crippen molar-refractivity contribution in [1.82, 2.24) is 15.1 Å². The first-order valence-corrected chi connectivity index (χ1v) is 7.64. The van der Waals surface area contributed by atoms with E-state index in [-0.39, 0.29) is 11.7 Å². The molecule has 0 atom stereocenters. The summed E-state index contributed by atoms with van der Waals surface area (Å²) in [4.78, 5) is 12.3. The molecule has 0 radical (unpaired) electrons. The fourth-order valence-electron chi connectivity index (χ4n) is 2.26. The number of carbonyl (C=O) groups excluding carboxylic acids is 1. The molecule has 2 rings (SSSR count). The van der Waals surface area contributed by atoms with Gasteiger partial charge in [0, 0.05) is 6.54 Å². The lowest BCUT2D eigenvalue weighted by Crippen LogP contribution is -2.28. The van der Waals surface area contributed by atoms with E-state index in [9.17, 15) is 9.18 Å². The van der Waals surface area contributed by atoms with Crippen molar-refractivity contribution < 1.29 is 9.18 Å². The molecule has 1 aromatic heterocycles. The van der Waals surface area contributed by atoms with Crippen molar-refractivity contribution in [2.45, 2.75) is 33.6 Å². The third-order valence-electron chi connectivity index (χ3n) is 3.32. The first kappa shape index (κ1) is 16.2. The van der Waals surface area contributed by atoms with E-state index in [1.165, 1.54) is 12.1 Å². The van der Waals surface area contributed by atoms with E-state index < -0.39 is 0 Å². The highest BCUT2D eigenvalue weighted by atomic mass is 19.1. The number of rotatable bonds is 6. The van der Waals surface area contributed by atoms with Gasteiger partial charge < -0.3 is 5.32 Å². The maximum atomic E-state index is 13.4. The van der Waals surface area contributed by atoms with Crippen molar-refractivity contribution in [3.8, 4) is 5.69 Å². The maximum absolute atomic E-state index is 13.4. The predicted molar refractivity (Wildman–Crippen MR) is 84.7 cm³/mol. The van der Waals surface area contributed by atoms with Crippen LogP contribution in [-0.4, -0.2) is 22.2 Å². The molecule has 1 heterocycles. The Morgan fingerprint density at radius 3 is 2.82 bits per heavy atom. The highest BCUT2D eigenvalue weighted by Gasteiger charge is 2.18. The van der Waals surface area contributed by atoms with Crippen LogP contribution in [0.5, 0.6) is 0 Å². The van der Waals surface area contributed by atoms with Gasteiger partial charge in [-0.1, -0.05) is 33.3 Å². The van der Waals surface area contributed by atoms with Crippen LogP contribution >= 0.6 is 0 Å². The third kappa shape index (κ3) is 3.72. The largest absolute Gasteiger partial charge is 0.352 e. The number of halogens is 1. The number of aromatic nitrogens is 2. The van der Waals surface area contributed by atoms with E-state index in [4.69, 9.17) is 0 Å². The normalized spacial score (nSPS) is 11.0. The van der Waals surface area contributed by atoms with Crippen LogP contribution in [0.15, 0.2) is 30.5 Å². The van der Waals surface area contributed by atoms with Crippen molar-refractivity contribution >= 4 is 5.91 Å². The minimum Gasteiger partial charge on any atom is -0.352 e. The summed E-state index contributed by atoms with van der Waals surface area (Å²) >= 11 is 0. The van der Waals surface area contributed by atoms with E-state index in [0.29, 0.717) is 30.1 Å². The van der Waals surface area contributed by atoms with Gasteiger partial charge in [-0.15, -0.1) is 0 Å². The van der Waals surface area contributed by atoms with Crippen LogP contribution in [0, 0.1) is 11.7 Å². The summed E-state index contributed by atoms with van der Waals surface area (Å²) in [6.07, 6.45) is 3.15. The number of nitrogens with zero attached hydrogens (tertiary/aromatic N) is 2. The SMILES string of the molecule is CCCc1c(C(=O)NCC(C)C)cnn1-c1cccc(F)c1. The summed E-state index contributed by atoms with van der Waals surface area (Å²) in [6, 6.07) is 6.23. The van der Waals surface area contributed by atoms with Crippen molar-refractivity contribution in [3.05, 3.63) is 47.5 Å². The van der Waals surface area contributed by atoms with Crippen molar-refractivity contribution in [1.29, 1.82) is 0 Å². The molecule has 2 aromatic rings. The molecule has 0 saturated heterocycles. The van der Waals surface area contributed by atoms with E-state index in [0.717, 1.165) is 12.1 Å². The monoisotopic (exact) mass is 303 g/mol. The van der Waals surface area contributed by atoms with Gasteiger partial charge in [0.05, 0.1) is 23.1 Å². The molecule has 5 heteroatoms. The Balaban J connectivity index is 2.34. The number of carbonyl (C=O) groups is 1. The van der Waals surface area contributed by atoms with Crippen LogP contribution in [-0.2, 0) is 6.42 Å². The molecular weight excluding hydrogens is 281 g/mol. The Labute approximate surface area is 130 Å². The zero-order valence-electron chi connectivity index (χ0n) is 13.3. The minimum absolute atomic E-state index is 0.125. The fraction of sp³-hybridized carbons (Fsp3) is 0.412. The van der Waals surface area contributed by atoms with Gasteiger partial charge in [0.25, 0.3) is 5.91 Å². The van der Waals surface area contributed by atoms with Gasteiger partial charge >= 0.3 is 0 Å². The lowest BCUT2D eigenvalue weighted by atomic mass is 10.1. The quantitative estimate of drug-likeness (QED) is 0.889. The number of hydrogen-bond donors (Lipinski definition) is 1. The smallest absolute Gasteiger partial charge is 0.254 e. The Morgan fingerprint density at radius 1 is 1.41 bits per heavy atom. The summed E-state index contributed by atoms with van der Waals surface area (Å²) < 4.78 is 15.1. The molecule has 0 fully saturated rings. The summed E-state index contributed by atoms with van der Waals surface area (Å²) in [7, 11) is 0. The van der Waals surface area contributed by atoms with Crippen LogP contribution in [0.2, 0.25) is 0 Å². The maximum Gasteiger partial charge on any atom is 0.254 e. The molecule has 1 N–H and O–H groups in total. The molecule has 22 heavy (non-hydrogen) atoms. The molecule has 0 saturated carbocycles. The summed E-state index contributed by atoms with van der Waals surface area (Å²) in [5.74, 6) is -0.0575. The molecule has 1 aromatic carbocycles. The zero-order chi connectivity index (χ0) is 16.1. The van der Waals surface area contributed by atoms with Crippen molar-refractivity contribution in [2.24, 2.45) is 5.92 Å². The van der Waals surface area contributed by atoms with Gasteiger partial charge in [-0.3, -0.25) is 4.79 Å². The summed E-state index contributed by atoms with van der Waals surface area (Å²) in [5, 5.41) is 7.19. The second-order valence-electron chi connectivity index (χ2n) is 5.75. The third-order valence-corrected chi connectivity index (χ3v) is 3.32. The number of amides is 1. The first-order chi connectivity index (χ1) is 10.5. The van der Waals surface area contributed by atoms with Crippen molar-refractivity contribution in [3.63, 3.8) is 0 Å². The average molecular weight is 303 g/mol. The molecule has 4 nitrogen and oxygen atoms in total. The van der Waals surface area contributed by atoms with E-state index in [1.807, 2.05) is 20.8 Å². The van der Waals surface area contributed by atoms with Gasteiger partial charge in [-0.2, -0.15) is 5.10 Å². The van der Waals surface area contributed by atoms with Crippen LogP contribution in [0.25, 0.3) is 5.69 Å². The van der Waals surface area contributed by atoms with Crippen LogP contribution in [0.3, 0.4) is 0 Å². The average Bonchev–Trinajstić information content (AvgIpc) is 2.89. The van der Waals surface area contributed by atoms with Gasteiger partial charge in [-0.25, -0.2) is 9.07 Å². The lowest BCUT2D eigenvalue weighted by molar-refractivity contribution is 0.0948. The molecule has 0 aliphatic heterocycles. The molecule has 0 aliphatic rings. The Hall–Kier alpha value is -2.17. The highest BCUT2D eigenvalue weighted by Crippen LogP contribution is 2.17. The van der Waals surface area contributed by atoms with Gasteiger partial charge in [0.1, 0.15) is 5.82 Å². The molecule has 0 aliphatic carbocycles. The van der Waals surface area contributed by atoms with Crippen LogP contribution < -0.4 is 5.32 Å². The van der Waals surface area contributed by atoms with E-state index in [1.54, 1.807) is 23.0 Å². The Kier molecular flexibility index (Phi) is 5.31. The topological polar surface area (TPSA) is 46.9 Å². The van der Waals surface area contributed by atoms with Crippen LogP contribution in [0.1, 0.15) is 43.2 Å². The standard InChI is InChI=1S/C17H22FN3O/c1-4-6-16-15(17(22)19-10-12(2)3)11-20-21(16)14-8-5-7-13(18)9-14/h5,7-9,11-12H,4,6,10H2,1-3H3,(H,19,22). The van der Waals surface area contributed by atoms with Gasteiger partial charge in [-0.05, 0) is 30.5 Å². The second-order valence-corrected chi connectivity index (χ2v) is 5.75. The van der Waals surface area contributed by atoms with Crippen molar-refractivity contribution in [2.75, 3.05) is 6.54 Å². The molecule has 1 amide bonds. The Morgan fingerprint density at radius 2 is 2.18 bits per heavy atom. The number of benzene rings is 1. The predicted octanol–water partition coefficient (Wildman–Crippen LogP) is 3.35. The molecule has 0 unspecified atom stereocenters. The second kappa shape index (κ2) is 7.20. The molecule has 0 spiro atoms. The first-order valence-electron chi connectivity index (χ1n) is 7.64. The molecular formula is C17H22FN3O. The molecule has 0 bridgehead atoms. The fourth-order valence-corrected chi connectivity index (χ4v) is 2.26. The zero-order valence-corrected chi connectivity index (χ0v) is 13.3. The number of hydrogen-bond acceptors (Lipinski definition) is 2.